The second kappa shape index (κ2) is 26.0. The van der Waals surface area contributed by atoms with E-state index in [1.165, 1.54) is 7.11 Å². The predicted octanol–water partition coefficient (Wildman–Crippen LogP) is -9.99. The number of hydrogen-bond donors (Lipinski definition) is 12. The van der Waals surface area contributed by atoms with Crippen LogP contribution in [0.4, 0.5) is 0 Å². The molecule has 1 rings (SSSR count). The molecule has 0 unspecified atom stereocenters. The molecule has 12 N–H and O–H groups in total. The summed E-state index contributed by atoms with van der Waals surface area (Å²) in [5.41, 5.74) is 0.718. The standard InChI is InChI=1S/C9H12NO3.4BH3O3.Li/c1-6-9(13-4)7(11-2)5-8(10-6)12-3;4*2-1(3)4;/h1-4H3;4*2-4H;/q-1;;;;;+1. The molecule has 16 nitrogen and oxygen atoms in total. The van der Waals surface area contributed by atoms with Crippen molar-refractivity contribution in [1.82, 2.24) is 4.98 Å². The zero-order chi connectivity index (χ0) is 24.2. The van der Waals surface area contributed by atoms with Crippen LogP contribution in [0.2, 0.25) is 0 Å². The van der Waals surface area contributed by atoms with Gasteiger partial charge in [-0.1, -0.05) is 0 Å². The third kappa shape index (κ3) is 41.3. The SMILES string of the molecule is COc1[c-]c(OC)c(OC)c(C)n1.OB(O)O.OB(O)O.OB(O)O.OB(O)O.[Li+]. The average Bonchev–Trinajstić information content (AvgIpc) is 2.51. The first-order chi connectivity index (χ1) is 13.2. The van der Waals surface area contributed by atoms with Crippen molar-refractivity contribution in [2.24, 2.45) is 0 Å². The summed E-state index contributed by atoms with van der Waals surface area (Å²) in [4.78, 5) is 4.09. The van der Waals surface area contributed by atoms with Crippen LogP contribution in [0.25, 0.3) is 0 Å². The fraction of sp³-hybridized carbons (Fsp3) is 0.444. The van der Waals surface area contributed by atoms with Gasteiger partial charge in [-0.25, -0.2) is 0 Å². The number of methoxy groups -OCH3 is 3. The monoisotopic (exact) mass is 437 g/mol. The maximum Gasteiger partial charge on any atom is 1.00 e. The van der Waals surface area contributed by atoms with Gasteiger partial charge in [0.25, 0.3) is 0 Å². The Labute approximate surface area is 185 Å². The van der Waals surface area contributed by atoms with E-state index in [9.17, 15) is 0 Å². The van der Waals surface area contributed by atoms with Gasteiger partial charge in [-0.15, -0.1) is 6.07 Å². The number of aryl methyl sites for hydroxylation is 1. The van der Waals surface area contributed by atoms with Crippen LogP contribution in [0, 0.1) is 13.0 Å². The first kappa shape index (κ1) is 39.4. The van der Waals surface area contributed by atoms with Gasteiger partial charge in [-0.3, -0.25) is 4.98 Å². The third-order valence-corrected chi connectivity index (χ3v) is 1.63. The van der Waals surface area contributed by atoms with Crippen molar-refractivity contribution < 1.29 is 93.4 Å². The molecule has 0 amide bonds. The van der Waals surface area contributed by atoms with E-state index in [0.717, 1.165) is 5.69 Å². The van der Waals surface area contributed by atoms with Gasteiger partial charge in [0.15, 0.2) is 0 Å². The Morgan fingerprint density at radius 1 is 0.633 bits per heavy atom. The Balaban J connectivity index is -0.000000102. The van der Waals surface area contributed by atoms with Crippen molar-refractivity contribution in [3.05, 3.63) is 11.8 Å². The Hall–Kier alpha value is -1.07. The largest absolute Gasteiger partial charge is 1.00 e. The molecule has 0 aliphatic rings. The normalized spacial score (nSPS) is 7.73. The minimum absolute atomic E-state index is 0. The quantitative estimate of drug-likeness (QED) is 0.155. The van der Waals surface area contributed by atoms with Crippen molar-refractivity contribution in [1.29, 1.82) is 0 Å². The van der Waals surface area contributed by atoms with Crippen molar-refractivity contribution in [3.63, 3.8) is 0 Å². The van der Waals surface area contributed by atoms with Crippen LogP contribution in [0.5, 0.6) is 17.4 Å². The maximum atomic E-state index is 7.17. The number of ether oxygens (including phenoxy) is 3. The van der Waals surface area contributed by atoms with Crippen molar-refractivity contribution in [2.45, 2.75) is 6.92 Å². The summed E-state index contributed by atoms with van der Waals surface area (Å²) in [7, 11) is -4.02. The summed E-state index contributed by atoms with van der Waals surface area (Å²) in [6.45, 7) is 1.82. The average molecular weight is 436 g/mol. The Bertz CT molecular complexity index is 453. The fourth-order valence-corrected chi connectivity index (χ4v) is 1.03. The molecule has 0 saturated heterocycles. The van der Waals surface area contributed by atoms with Gasteiger partial charge in [0.05, 0.1) is 21.3 Å². The third-order valence-electron chi connectivity index (χ3n) is 1.63. The number of pyridine rings is 1. The first-order valence-electron chi connectivity index (χ1n) is 6.88. The van der Waals surface area contributed by atoms with Crippen molar-refractivity contribution in [3.8, 4) is 17.4 Å². The maximum absolute atomic E-state index is 7.17. The second-order valence-corrected chi connectivity index (χ2v) is 3.78. The molecule has 0 aliphatic carbocycles. The molecule has 0 spiro atoms. The topological polar surface area (TPSA) is 283 Å². The molecule has 21 heteroatoms. The molecule has 0 fully saturated rings. The van der Waals surface area contributed by atoms with E-state index in [4.69, 9.17) is 74.5 Å². The van der Waals surface area contributed by atoms with E-state index < -0.39 is 29.3 Å². The van der Waals surface area contributed by atoms with E-state index in [0.29, 0.717) is 17.4 Å². The molecule has 0 atom stereocenters. The Morgan fingerprint density at radius 3 is 1.13 bits per heavy atom. The summed E-state index contributed by atoms with van der Waals surface area (Å²) >= 11 is 0. The minimum atomic E-state index is -2.17. The predicted molar refractivity (Wildman–Crippen MR) is 97.1 cm³/mol. The molecule has 0 aliphatic heterocycles. The van der Waals surface area contributed by atoms with E-state index in [2.05, 4.69) is 11.1 Å². The number of nitrogens with zero attached hydrogens (tertiary/aromatic N) is 1. The van der Waals surface area contributed by atoms with Gasteiger partial charge < -0.3 is 74.5 Å². The van der Waals surface area contributed by atoms with E-state index in [1.807, 2.05) is 6.92 Å². The summed E-state index contributed by atoms with van der Waals surface area (Å²) in [6, 6.07) is 2.82. The zero-order valence-corrected chi connectivity index (χ0v) is 16.8. The molecule has 0 saturated carbocycles. The fourth-order valence-electron chi connectivity index (χ4n) is 1.03. The molecule has 0 radical (unpaired) electrons. The van der Waals surface area contributed by atoms with Gasteiger partial charge in [-0.05, 0) is 12.7 Å². The molecule has 0 bridgehead atoms. The first-order valence-corrected chi connectivity index (χ1v) is 6.88. The molecular formula is C9H24B4LiNO15. The summed E-state index contributed by atoms with van der Waals surface area (Å²) in [5.74, 6) is 1.49. The van der Waals surface area contributed by atoms with Gasteiger partial charge in [0, 0.05) is 11.4 Å². The number of hydrogen-bond acceptors (Lipinski definition) is 16. The smallest absolute Gasteiger partial charge is 0.576 e. The Kier molecular flexibility index (Phi) is 34.1. The molecule has 0 aromatic carbocycles. The molecule has 168 valence electrons. The Morgan fingerprint density at radius 2 is 0.933 bits per heavy atom. The van der Waals surface area contributed by atoms with Crippen LogP contribution < -0.4 is 33.1 Å². The molecule has 1 aromatic rings. The van der Waals surface area contributed by atoms with Crippen LogP contribution in [-0.2, 0) is 0 Å². The molecule has 30 heavy (non-hydrogen) atoms. The van der Waals surface area contributed by atoms with Crippen molar-refractivity contribution in [2.75, 3.05) is 21.3 Å². The van der Waals surface area contributed by atoms with Crippen LogP contribution in [0.3, 0.4) is 0 Å². The van der Waals surface area contributed by atoms with Crippen LogP contribution in [0.1, 0.15) is 5.69 Å². The summed E-state index contributed by atoms with van der Waals surface area (Å²) in [6.07, 6.45) is 0. The molecular weight excluding hydrogens is 412 g/mol. The van der Waals surface area contributed by atoms with Gasteiger partial charge >= 0.3 is 48.1 Å². The number of aromatic nitrogens is 1. The number of rotatable bonds is 3. The summed E-state index contributed by atoms with van der Waals surface area (Å²) in [5, 5.41) is 86.0. The van der Waals surface area contributed by atoms with Crippen LogP contribution in [0.15, 0.2) is 0 Å². The molecule has 1 aromatic heterocycles. The summed E-state index contributed by atoms with van der Waals surface area (Å²) < 4.78 is 15.1. The van der Waals surface area contributed by atoms with Gasteiger partial charge in [-0.2, -0.15) is 0 Å². The van der Waals surface area contributed by atoms with Gasteiger partial charge in [0.2, 0.25) is 0 Å². The van der Waals surface area contributed by atoms with E-state index in [1.54, 1.807) is 14.2 Å². The zero-order valence-electron chi connectivity index (χ0n) is 16.8. The van der Waals surface area contributed by atoms with Crippen LogP contribution in [-0.4, -0.2) is 116 Å². The van der Waals surface area contributed by atoms with E-state index in [-0.39, 0.29) is 18.9 Å². The van der Waals surface area contributed by atoms with Crippen LogP contribution >= 0.6 is 0 Å². The molecule has 1 heterocycles. The van der Waals surface area contributed by atoms with Gasteiger partial charge in [0.1, 0.15) is 5.88 Å². The minimum Gasteiger partial charge on any atom is -0.576 e. The van der Waals surface area contributed by atoms with E-state index >= 15 is 0 Å². The second-order valence-electron chi connectivity index (χ2n) is 3.78. The van der Waals surface area contributed by atoms with Crippen molar-refractivity contribution >= 4 is 29.3 Å².